The maximum absolute atomic E-state index is 15.1. The number of sulfonamides is 1. The van der Waals surface area contributed by atoms with Crippen LogP contribution >= 0.6 is 0 Å². The summed E-state index contributed by atoms with van der Waals surface area (Å²) >= 11 is 0. The summed E-state index contributed by atoms with van der Waals surface area (Å²) < 4.78 is 44.3. The number of amides is 4. The van der Waals surface area contributed by atoms with Crippen LogP contribution in [0.25, 0.3) is 11.1 Å². The molecule has 50 heavy (non-hydrogen) atoms. The van der Waals surface area contributed by atoms with Crippen LogP contribution in [0.5, 0.6) is 0 Å². The molecule has 4 aromatic rings. The van der Waals surface area contributed by atoms with Crippen molar-refractivity contribution in [2.45, 2.75) is 17.5 Å². The molecule has 2 atom stereocenters. The molecule has 0 saturated carbocycles. The second kappa shape index (κ2) is 13.6. The number of benzene rings is 2. The first-order valence-electron chi connectivity index (χ1n) is 14.8. The third-order valence-electron chi connectivity index (χ3n) is 7.85. The van der Waals surface area contributed by atoms with E-state index in [-0.39, 0.29) is 22.8 Å². The third kappa shape index (κ3) is 6.74. The van der Waals surface area contributed by atoms with E-state index in [0.717, 1.165) is 23.1 Å². The van der Waals surface area contributed by atoms with Crippen molar-refractivity contribution in [1.82, 2.24) is 20.3 Å². The van der Waals surface area contributed by atoms with Gasteiger partial charge in [0, 0.05) is 42.3 Å². The Balaban J connectivity index is 1.11. The second-order valence-electron chi connectivity index (χ2n) is 11.1. The van der Waals surface area contributed by atoms with Crippen LogP contribution in [0.15, 0.2) is 102 Å². The third-order valence-corrected chi connectivity index (χ3v) is 9.15. The SMILES string of the molecule is C[N+]1=C2C=NC=CC2C(=O)N(c2ccc(C[C@H](NC(=O)c3ccc(NS(=O)(=O)c4ccc(-c5cncnc5)cn4)cc3F)C(=O)O)cc2)C1=O. The molecular formula is C33H26FN8O7S+. The average Bonchev–Trinajstić information content (AvgIpc) is 3.11. The minimum atomic E-state index is -4.24. The van der Waals surface area contributed by atoms with E-state index >= 15 is 4.39 Å². The van der Waals surface area contributed by atoms with Crippen molar-refractivity contribution in [3.05, 3.63) is 109 Å². The van der Waals surface area contributed by atoms with Crippen LogP contribution in [0.3, 0.4) is 0 Å². The highest BCUT2D eigenvalue weighted by atomic mass is 32.2. The lowest BCUT2D eigenvalue weighted by Gasteiger charge is -2.24. The molecule has 4 heterocycles. The molecule has 0 spiro atoms. The van der Waals surface area contributed by atoms with Crippen LogP contribution in [0.2, 0.25) is 0 Å². The number of nitrogens with one attached hydrogen (secondary N) is 2. The largest absolute Gasteiger partial charge is 0.506 e. The van der Waals surface area contributed by atoms with Gasteiger partial charge in [0.15, 0.2) is 5.03 Å². The van der Waals surface area contributed by atoms with Gasteiger partial charge in [-0.1, -0.05) is 12.1 Å². The minimum Gasteiger partial charge on any atom is -0.480 e. The Kier molecular flexibility index (Phi) is 9.06. The summed E-state index contributed by atoms with van der Waals surface area (Å²) in [6.45, 7) is 0. The lowest BCUT2D eigenvalue weighted by Crippen LogP contribution is -2.54. The van der Waals surface area contributed by atoms with Gasteiger partial charge in [-0.2, -0.15) is 17.8 Å². The van der Waals surface area contributed by atoms with Crippen LogP contribution in [0, 0.1) is 11.7 Å². The summed E-state index contributed by atoms with van der Waals surface area (Å²) in [4.78, 5) is 67.8. The minimum absolute atomic E-state index is 0.199. The molecule has 17 heteroatoms. The molecule has 252 valence electrons. The number of anilines is 2. The van der Waals surface area contributed by atoms with Crippen molar-refractivity contribution in [2.75, 3.05) is 16.7 Å². The van der Waals surface area contributed by atoms with Gasteiger partial charge in [-0.15, -0.1) is 4.90 Å². The topological polar surface area (TPSA) is 204 Å². The van der Waals surface area contributed by atoms with E-state index in [9.17, 15) is 32.7 Å². The smallest absolute Gasteiger partial charge is 0.480 e. The molecule has 3 N–H and O–H groups in total. The van der Waals surface area contributed by atoms with Crippen molar-refractivity contribution < 1.29 is 41.7 Å². The molecule has 2 aromatic heterocycles. The predicted octanol–water partition coefficient (Wildman–Crippen LogP) is 2.67. The van der Waals surface area contributed by atoms with Gasteiger partial charge in [0.05, 0.1) is 24.5 Å². The molecule has 0 radical (unpaired) electrons. The Labute approximate surface area is 283 Å². The number of carbonyl (C=O) groups is 4. The molecular weight excluding hydrogens is 671 g/mol. The fourth-order valence-corrected chi connectivity index (χ4v) is 6.23. The quantitative estimate of drug-likeness (QED) is 0.207. The van der Waals surface area contributed by atoms with E-state index in [1.165, 1.54) is 85.4 Å². The second-order valence-corrected chi connectivity index (χ2v) is 12.7. The number of pyridine rings is 1. The molecule has 0 fully saturated rings. The molecule has 4 amide bonds. The Bertz CT molecular complexity index is 2230. The fourth-order valence-electron chi connectivity index (χ4n) is 5.25. The summed E-state index contributed by atoms with van der Waals surface area (Å²) in [5.41, 5.74) is 1.62. The van der Waals surface area contributed by atoms with E-state index in [0.29, 0.717) is 22.4 Å². The zero-order chi connectivity index (χ0) is 35.6. The highest BCUT2D eigenvalue weighted by molar-refractivity contribution is 7.92. The van der Waals surface area contributed by atoms with Crippen molar-refractivity contribution in [2.24, 2.45) is 10.9 Å². The van der Waals surface area contributed by atoms with E-state index in [1.807, 2.05) is 0 Å². The maximum Gasteiger partial charge on any atom is 0.506 e. The fraction of sp³-hybridized carbons (Fsp3) is 0.121. The van der Waals surface area contributed by atoms with Crippen molar-refractivity contribution in [3.63, 3.8) is 0 Å². The van der Waals surface area contributed by atoms with Gasteiger partial charge in [-0.3, -0.25) is 14.5 Å². The number of rotatable bonds is 10. The Morgan fingerprint density at radius 2 is 1.76 bits per heavy atom. The molecule has 15 nitrogen and oxygen atoms in total. The predicted molar refractivity (Wildman–Crippen MR) is 177 cm³/mol. The normalized spacial score (nSPS) is 16.2. The maximum atomic E-state index is 15.1. The van der Waals surface area contributed by atoms with Crippen molar-refractivity contribution >= 4 is 57.1 Å². The number of hydrogen-bond donors (Lipinski definition) is 3. The highest BCUT2D eigenvalue weighted by Crippen LogP contribution is 2.25. The first-order valence-corrected chi connectivity index (χ1v) is 16.3. The number of halogens is 1. The highest BCUT2D eigenvalue weighted by Gasteiger charge is 2.47. The molecule has 2 aromatic carbocycles. The van der Waals surface area contributed by atoms with E-state index in [4.69, 9.17) is 0 Å². The molecule has 2 aliphatic heterocycles. The number of nitrogens with zero attached hydrogens (tertiary/aromatic N) is 6. The number of carboxylic acid groups (broad SMARTS) is 1. The van der Waals surface area contributed by atoms with Gasteiger partial charge in [0.25, 0.3) is 15.9 Å². The summed E-state index contributed by atoms with van der Waals surface area (Å²) in [5.74, 6) is -4.72. The Hall–Kier alpha value is -6.49. The van der Waals surface area contributed by atoms with Gasteiger partial charge in [-0.25, -0.2) is 28.9 Å². The van der Waals surface area contributed by atoms with Gasteiger partial charge < -0.3 is 10.4 Å². The van der Waals surface area contributed by atoms with E-state index in [2.05, 4.69) is 30.0 Å². The van der Waals surface area contributed by atoms with Gasteiger partial charge >= 0.3 is 17.9 Å². The molecule has 1 unspecified atom stereocenters. The monoisotopic (exact) mass is 697 g/mol. The van der Waals surface area contributed by atoms with Crippen molar-refractivity contribution in [3.8, 4) is 11.1 Å². The summed E-state index contributed by atoms with van der Waals surface area (Å²) in [7, 11) is -2.71. The molecule has 6 rings (SSSR count). The number of aliphatic imine (C=N–C) groups is 1. The number of fused-ring (bicyclic) bond motifs is 1. The van der Waals surface area contributed by atoms with Crippen LogP contribution < -0.4 is 14.9 Å². The summed E-state index contributed by atoms with van der Waals surface area (Å²) in [6.07, 6.45) is 10.0. The summed E-state index contributed by atoms with van der Waals surface area (Å²) in [6, 6.07) is 9.62. The average molecular weight is 698 g/mol. The molecule has 2 aliphatic rings. The number of aliphatic carboxylic acids is 1. The first-order chi connectivity index (χ1) is 23.9. The van der Waals surface area contributed by atoms with E-state index in [1.54, 1.807) is 6.08 Å². The lowest BCUT2D eigenvalue weighted by atomic mass is 9.97. The number of carboxylic acids is 1. The zero-order valence-corrected chi connectivity index (χ0v) is 26.8. The lowest BCUT2D eigenvalue weighted by molar-refractivity contribution is -0.392. The number of carbonyl (C=O) groups excluding carboxylic acids is 3. The number of aromatic nitrogens is 3. The summed E-state index contributed by atoms with van der Waals surface area (Å²) in [5, 5.41) is 11.7. The van der Waals surface area contributed by atoms with Crippen LogP contribution in [0.1, 0.15) is 15.9 Å². The van der Waals surface area contributed by atoms with Crippen molar-refractivity contribution in [1.29, 1.82) is 0 Å². The van der Waals surface area contributed by atoms with Crippen LogP contribution in [-0.2, 0) is 26.0 Å². The molecule has 0 saturated heterocycles. The van der Waals surface area contributed by atoms with Gasteiger partial charge in [0.2, 0.25) is 0 Å². The first kappa shape index (κ1) is 33.4. The van der Waals surface area contributed by atoms with Gasteiger partial charge in [0.1, 0.15) is 35.5 Å². The van der Waals surface area contributed by atoms with E-state index < -0.39 is 57.2 Å². The standard InChI is InChI=1S/C33H25FN8O7S/c1-41-28-17-35-11-10-25(28)31(44)42(33(41)47)23-6-2-19(3-7-23)12-27(32(45)46)39-30(43)24-8-5-22(13-26(24)34)40-50(48,49)29-9-4-20(16-38-29)21-14-36-18-37-15-21/h2-11,13-18,25,27H,12H2,1H3,(H2-,39,40,43,45,46)/p+1/t25?,27-/m0/s1. The number of hydrogen-bond acceptors (Lipinski definition) is 10. The number of imide groups is 1. The Morgan fingerprint density at radius 3 is 2.42 bits per heavy atom. The molecule has 0 aliphatic carbocycles. The Morgan fingerprint density at radius 1 is 1.02 bits per heavy atom. The molecule has 0 bridgehead atoms. The number of urea groups is 1. The van der Waals surface area contributed by atoms with Crippen LogP contribution in [-0.4, -0.2) is 81.9 Å². The van der Waals surface area contributed by atoms with Crippen LogP contribution in [0.4, 0.5) is 20.6 Å². The zero-order valence-electron chi connectivity index (χ0n) is 26.0. The van der Waals surface area contributed by atoms with Gasteiger partial charge in [-0.05, 0) is 54.1 Å².